The highest BCUT2D eigenvalue weighted by Crippen LogP contribution is 2.28. The number of anilines is 1. The van der Waals surface area contributed by atoms with Gasteiger partial charge in [0.15, 0.2) is 0 Å². The van der Waals surface area contributed by atoms with E-state index < -0.39 is 47.9 Å². The van der Waals surface area contributed by atoms with Crippen molar-refractivity contribution in [1.82, 2.24) is 10.2 Å². The van der Waals surface area contributed by atoms with Crippen molar-refractivity contribution in [3.8, 4) is 5.75 Å². The highest BCUT2D eigenvalue weighted by atomic mass is 16.6. The van der Waals surface area contributed by atoms with Gasteiger partial charge in [-0.15, -0.1) is 0 Å². The molecule has 0 saturated heterocycles. The molecule has 0 fully saturated rings. The summed E-state index contributed by atoms with van der Waals surface area (Å²) in [5.74, 6) is -1.21. The van der Waals surface area contributed by atoms with Gasteiger partial charge in [-0.3, -0.25) is 14.4 Å². The lowest BCUT2D eigenvalue weighted by Crippen LogP contribution is -2.53. The molecule has 0 saturated carbocycles. The third kappa shape index (κ3) is 10.4. The largest absolute Gasteiger partial charge is 0.497 e. The first-order chi connectivity index (χ1) is 19.2. The first-order valence-electron chi connectivity index (χ1n) is 13.9. The van der Waals surface area contributed by atoms with E-state index >= 15 is 0 Å². The second-order valence-corrected chi connectivity index (χ2v) is 11.1. The van der Waals surface area contributed by atoms with E-state index in [1.807, 2.05) is 39.0 Å². The van der Waals surface area contributed by atoms with Crippen molar-refractivity contribution < 1.29 is 28.7 Å². The molecule has 2 aromatic rings. The zero-order valence-electron chi connectivity index (χ0n) is 25.2. The molecule has 0 spiro atoms. The molecule has 4 amide bonds. The molecule has 10 heteroatoms. The second kappa shape index (κ2) is 15.1. The average Bonchev–Trinajstić information content (AvgIpc) is 2.88. The van der Waals surface area contributed by atoms with Crippen LogP contribution >= 0.6 is 0 Å². The van der Waals surface area contributed by atoms with Crippen LogP contribution in [0.5, 0.6) is 5.75 Å². The number of hydrogen-bond acceptors (Lipinski definition) is 6. The number of unbranched alkanes of at least 4 members (excludes halogenated alkanes) is 2. The number of benzene rings is 2. The van der Waals surface area contributed by atoms with Crippen LogP contribution < -0.4 is 21.1 Å². The Bertz CT molecular complexity index is 1210. The summed E-state index contributed by atoms with van der Waals surface area (Å²) in [6.07, 6.45) is 0.978. The number of primary amides is 1. The summed E-state index contributed by atoms with van der Waals surface area (Å²) in [5, 5.41) is 5.42. The van der Waals surface area contributed by atoms with Crippen LogP contribution in [0.1, 0.15) is 76.1 Å². The Hall–Kier alpha value is -4.08. The molecule has 0 heterocycles. The molecular formula is C31H44N4O6. The molecular weight excluding hydrogens is 524 g/mol. The number of carbonyl (C=O) groups is 4. The number of methoxy groups -OCH3 is 1. The predicted octanol–water partition coefficient (Wildman–Crippen LogP) is 4.78. The van der Waals surface area contributed by atoms with Gasteiger partial charge in [-0.25, -0.2) is 4.79 Å². The zero-order chi connectivity index (χ0) is 30.7. The Labute approximate surface area is 242 Å². The molecule has 0 aromatic heterocycles. The Kier molecular flexibility index (Phi) is 12.2. The van der Waals surface area contributed by atoms with Crippen LogP contribution in [0.4, 0.5) is 10.5 Å². The summed E-state index contributed by atoms with van der Waals surface area (Å²) in [5.41, 5.74) is 7.74. The van der Waals surface area contributed by atoms with Gasteiger partial charge in [0.05, 0.1) is 13.5 Å². The minimum atomic E-state index is -1.33. The van der Waals surface area contributed by atoms with E-state index in [9.17, 15) is 19.2 Å². The summed E-state index contributed by atoms with van der Waals surface area (Å²) in [4.78, 5) is 54.1. The maximum Gasteiger partial charge on any atom is 0.408 e. The Morgan fingerprint density at radius 3 is 2.17 bits per heavy atom. The summed E-state index contributed by atoms with van der Waals surface area (Å²) in [7, 11) is 1.55. The van der Waals surface area contributed by atoms with Crippen molar-refractivity contribution >= 4 is 29.5 Å². The molecule has 41 heavy (non-hydrogen) atoms. The van der Waals surface area contributed by atoms with E-state index in [2.05, 4.69) is 10.6 Å². The van der Waals surface area contributed by atoms with Gasteiger partial charge in [-0.2, -0.15) is 0 Å². The summed E-state index contributed by atoms with van der Waals surface area (Å²) < 4.78 is 10.5. The van der Waals surface area contributed by atoms with Crippen LogP contribution in [0.3, 0.4) is 0 Å². The fourth-order valence-corrected chi connectivity index (χ4v) is 4.24. The smallest absolute Gasteiger partial charge is 0.408 e. The van der Waals surface area contributed by atoms with Crippen LogP contribution in [0, 0.1) is 13.8 Å². The summed E-state index contributed by atoms with van der Waals surface area (Å²) >= 11 is 0. The molecule has 2 aromatic carbocycles. The van der Waals surface area contributed by atoms with E-state index in [1.165, 1.54) is 4.90 Å². The zero-order valence-corrected chi connectivity index (χ0v) is 25.2. The lowest BCUT2D eigenvalue weighted by Gasteiger charge is -2.34. The molecule has 4 N–H and O–H groups in total. The third-order valence-corrected chi connectivity index (χ3v) is 6.44. The third-order valence-electron chi connectivity index (χ3n) is 6.44. The van der Waals surface area contributed by atoms with E-state index in [1.54, 1.807) is 52.1 Å². The number of nitrogens with zero attached hydrogens (tertiary/aromatic N) is 1. The standard InChI is InChI=1S/C31H44N4O6/c1-8-9-10-17-35(29(38)25(19-26(32)36)34-30(39)41-31(4,5)6)27(22-12-11-20(2)21(3)18-22)28(37)33-23-13-15-24(40-7)16-14-23/h11-16,18,25,27H,8-10,17,19H2,1-7H3,(H2,32,36)(H,33,37)(H,34,39). The predicted molar refractivity (Wildman–Crippen MR) is 158 cm³/mol. The Morgan fingerprint density at radius 2 is 1.63 bits per heavy atom. The van der Waals surface area contributed by atoms with Gasteiger partial charge in [0, 0.05) is 12.2 Å². The molecule has 0 aliphatic carbocycles. The highest BCUT2D eigenvalue weighted by molar-refractivity contribution is 5.99. The quantitative estimate of drug-likeness (QED) is 0.297. The number of hydrogen-bond donors (Lipinski definition) is 3. The molecule has 2 unspecified atom stereocenters. The summed E-state index contributed by atoms with van der Waals surface area (Å²) in [6, 6.07) is 10.0. The molecule has 0 radical (unpaired) electrons. The SMILES string of the molecule is CCCCCN(C(=O)C(CC(N)=O)NC(=O)OC(C)(C)C)C(C(=O)Nc1ccc(OC)cc1)c1ccc(C)c(C)c1. The lowest BCUT2D eigenvalue weighted by molar-refractivity contribution is -0.142. The van der Waals surface area contributed by atoms with Gasteiger partial charge in [0.2, 0.25) is 11.8 Å². The maximum absolute atomic E-state index is 14.1. The molecule has 0 aliphatic heterocycles. The molecule has 224 valence electrons. The normalized spacial score (nSPS) is 12.6. The molecule has 2 rings (SSSR count). The van der Waals surface area contributed by atoms with Crippen LogP contribution in [0.15, 0.2) is 42.5 Å². The van der Waals surface area contributed by atoms with Gasteiger partial charge in [0.1, 0.15) is 23.4 Å². The lowest BCUT2D eigenvalue weighted by atomic mass is 9.97. The van der Waals surface area contributed by atoms with Gasteiger partial charge in [-0.1, -0.05) is 38.0 Å². The maximum atomic E-state index is 14.1. The number of alkyl carbamates (subject to hydrolysis) is 1. The van der Waals surface area contributed by atoms with E-state index in [0.717, 1.165) is 24.0 Å². The number of rotatable bonds is 13. The first kappa shape index (κ1) is 33.1. The topological polar surface area (TPSA) is 140 Å². The average molecular weight is 569 g/mol. The van der Waals surface area contributed by atoms with Gasteiger partial charge < -0.3 is 30.7 Å². The van der Waals surface area contributed by atoms with Crippen LogP contribution in [-0.4, -0.2) is 54.0 Å². The van der Waals surface area contributed by atoms with E-state index in [4.69, 9.17) is 15.2 Å². The minimum Gasteiger partial charge on any atom is -0.497 e. The number of carbonyl (C=O) groups excluding carboxylic acids is 4. The van der Waals surface area contributed by atoms with Crippen LogP contribution in [0.2, 0.25) is 0 Å². The Morgan fingerprint density at radius 1 is 0.976 bits per heavy atom. The van der Waals surface area contributed by atoms with E-state index in [-0.39, 0.29) is 6.54 Å². The number of aryl methyl sites for hydroxylation is 2. The minimum absolute atomic E-state index is 0.214. The summed E-state index contributed by atoms with van der Waals surface area (Å²) in [6.45, 7) is 11.2. The van der Waals surface area contributed by atoms with Gasteiger partial charge >= 0.3 is 6.09 Å². The van der Waals surface area contributed by atoms with Crippen molar-refractivity contribution in [3.63, 3.8) is 0 Å². The number of ether oxygens (including phenoxy) is 2. The molecule has 0 aliphatic rings. The van der Waals surface area contributed by atoms with Gasteiger partial charge in [-0.05, 0) is 82.0 Å². The number of nitrogens with two attached hydrogens (primary N) is 1. The van der Waals surface area contributed by atoms with E-state index in [0.29, 0.717) is 23.4 Å². The highest BCUT2D eigenvalue weighted by Gasteiger charge is 2.37. The van der Waals surface area contributed by atoms with Crippen molar-refractivity contribution in [2.75, 3.05) is 19.0 Å². The molecule has 10 nitrogen and oxygen atoms in total. The van der Waals surface area contributed by atoms with Crippen LogP contribution in [-0.2, 0) is 19.1 Å². The Balaban J connectivity index is 2.57. The van der Waals surface area contributed by atoms with Gasteiger partial charge in [0.25, 0.3) is 5.91 Å². The fraction of sp³-hybridized carbons (Fsp3) is 0.484. The molecule has 2 atom stereocenters. The van der Waals surface area contributed by atoms with Crippen molar-refractivity contribution in [3.05, 3.63) is 59.2 Å². The monoisotopic (exact) mass is 568 g/mol. The molecule has 0 bridgehead atoms. The van der Waals surface area contributed by atoms with Crippen LogP contribution in [0.25, 0.3) is 0 Å². The van der Waals surface area contributed by atoms with Crippen molar-refractivity contribution in [2.45, 2.75) is 84.9 Å². The number of amides is 4. The second-order valence-electron chi connectivity index (χ2n) is 11.1. The van der Waals surface area contributed by atoms with Crippen molar-refractivity contribution in [1.29, 1.82) is 0 Å². The fourth-order valence-electron chi connectivity index (χ4n) is 4.24. The number of nitrogens with one attached hydrogen (secondary N) is 2. The first-order valence-corrected chi connectivity index (χ1v) is 13.9. The van der Waals surface area contributed by atoms with Crippen molar-refractivity contribution in [2.24, 2.45) is 5.73 Å².